The van der Waals surface area contributed by atoms with Crippen LogP contribution >= 0.6 is 81.2 Å². The van der Waals surface area contributed by atoms with E-state index in [2.05, 4.69) is 4.98 Å². The normalized spacial score (nSPS) is 11.0. The van der Waals surface area contributed by atoms with E-state index >= 15 is 0 Å². The third kappa shape index (κ3) is 3.99. The van der Waals surface area contributed by atoms with Gasteiger partial charge in [-0.2, -0.15) is 0 Å². The van der Waals surface area contributed by atoms with E-state index in [-0.39, 0.29) is 5.15 Å². The maximum absolute atomic E-state index is 6.36. The lowest BCUT2D eigenvalue weighted by molar-refractivity contribution is 1.32. The zero-order valence-corrected chi connectivity index (χ0v) is 17.3. The topological polar surface area (TPSA) is 12.9 Å². The van der Waals surface area contributed by atoms with Crippen molar-refractivity contribution >= 4 is 81.2 Å². The minimum atomic E-state index is 0.266. The molecule has 0 saturated carbocycles. The SMILES string of the molecule is Clc1cc(Cl)c(-c2ccc(Cl)nc2-c2c(Cl)cc(Cl)cc2Cl)c(Cl)c1. The molecule has 25 heavy (non-hydrogen) atoms. The molecule has 8 heteroatoms. The minimum Gasteiger partial charge on any atom is -0.235 e. The van der Waals surface area contributed by atoms with Crippen LogP contribution in [0.15, 0.2) is 36.4 Å². The van der Waals surface area contributed by atoms with E-state index < -0.39 is 0 Å². The molecule has 0 bridgehead atoms. The molecule has 0 saturated heterocycles. The van der Waals surface area contributed by atoms with E-state index in [9.17, 15) is 0 Å². The highest BCUT2D eigenvalue weighted by Crippen LogP contribution is 2.45. The summed E-state index contributed by atoms with van der Waals surface area (Å²) in [5.74, 6) is 0. The lowest BCUT2D eigenvalue weighted by Gasteiger charge is -2.15. The number of rotatable bonds is 2. The Morgan fingerprint density at radius 1 is 0.560 bits per heavy atom. The fraction of sp³-hybridized carbons (Fsp3) is 0. The van der Waals surface area contributed by atoms with E-state index in [0.717, 1.165) is 0 Å². The number of hydrogen-bond acceptors (Lipinski definition) is 1. The van der Waals surface area contributed by atoms with Gasteiger partial charge in [0.15, 0.2) is 0 Å². The fourth-order valence-electron chi connectivity index (χ4n) is 2.40. The zero-order valence-electron chi connectivity index (χ0n) is 12.1. The Balaban J connectivity index is 2.37. The average molecular weight is 472 g/mol. The van der Waals surface area contributed by atoms with Crippen molar-refractivity contribution < 1.29 is 0 Å². The van der Waals surface area contributed by atoms with Gasteiger partial charge in [-0.1, -0.05) is 81.2 Å². The summed E-state index contributed by atoms with van der Waals surface area (Å²) in [4.78, 5) is 4.38. The van der Waals surface area contributed by atoms with E-state index in [1.807, 2.05) is 0 Å². The molecule has 3 aromatic rings. The molecule has 0 aliphatic carbocycles. The van der Waals surface area contributed by atoms with Crippen LogP contribution in [0.5, 0.6) is 0 Å². The number of benzene rings is 2. The maximum Gasteiger partial charge on any atom is 0.129 e. The Bertz CT molecular complexity index is 939. The molecule has 0 amide bonds. The molecule has 0 aliphatic heterocycles. The molecule has 0 N–H and O–H groups in total. The highest BCUT2D eigenvalue weighted by molar-refractivity contribution is 6.43. The number of hydrogen-bond donors (Lipinski definition) is 0. The molecule has 0 spiro atoms. The quantitative estimate of drug-likeness (QED) is 0.339. The van der Waals surface area contributed by atoms with Crippen LogP contribution in [0.3, 0.4) is 0 Å². The predicted molar refractivity (Wildman–Crippen MR) is 110 cm³/mol. The van der Waals surface area contributed by atoms with Crippen molar-refractivity contribution in [2.45, 2.75) is 0 Å². The summed E-state index contributed by atoms with van der Waals surface area (Å²) in [6.07, 6.45) is 0. The Morgan fingerprint density at radius 3 is 1.48 bits per heavy atom. The van der Waals surface area contributed by atoms with Gasteiger partial charge in [0.1, 0.15) is 5.15 Å². The summed E-state index contributed by atoms with van der Waals surface area (Å²) >= 11 is 43.5. The molecule has 1 nitrogen and oxygen atoms in total. The van der Waals surface area contributed by atoms with Crippen LogP contribution < -0.4 is 0 Å². The van der Waals surface area contributed by atoms with Crippen LogP contribution in [0.25, 0.3) is 22.4 Å². The van der Waals surface area contributed by atoms with Gasteiger partial charge in [-0.05, 0) is 36.4 Å². The summed E-state index contributed by atoms with van der Waals surface area (Å²) in [6, 6.07) is 9.69. The molecular weight excluding hydrogens is 466 g/mol. The van der Waals surface area contributed by atoms with Crippen molar-refractivity contribution in [1.29, 1.82) is 0 Å². The van der Waals surface area contributed by atoms with Crippen molar-refractivity contribution in [2.24, 2.45) is 0 Å². The fourth-order valence-corrected chi connectivity index (χ4v) is 4.56. The molecule has 0 fully saturated rings. The number of nitrogens with zero attached hydrogens (tertiary/aromatic N) is 1. The first-order valence-corrected chi connectivity index (χ1v) is 9.39. The van der Waals surface area contributed by atoms with E-state index in [4.69, 9.17) is 81.2 Å². The second-order valence-corrected chi connectivity index (χ2v) is 7.91. The van der Waals surface area contributed by atoms with Gasteiger partial charge in [0, 0.05) is 26.7 Å². The van der Waals surface area contributed by atoms with Crippen LogP contribution in [0.1, 0.15) is 0 Å². The first-order chi connectivity index (χ1) is 11.8. The van der Waals surface area contributed by atoms with E-state index in [1.165, 1.54) is 0 Å². The molecule has 2 aromatic carbocycles. The van der Waals surface area contributed by atoms with Crippen molar-refractivity contribution in [2.75, 3.05) is 0 Å². The van der Waals surface area contributed by atoms with Crippen molar-refractivity contribution in [3.05, 3.63) is 71.7 Å². The summed E-state index contributed by atoms with van der Waals surface area (Å²) in [6.45, 7) is 0. The second kappa shape index (κ2) is 7.70. The highest BCUT2D eigenvalue weighted by atomic mass is 35.5. The molecule has 128 valence electrons. The average Bonchev–Trinajstić information content (AvgIpc) is 2.47. The summed E-state index contributed by atoms with van der Waals surface area (Å²) in [7, 11) is 0. The van der Waals surface area contributed by atoms with Gasteiger partial charge in [0.2, 0.25) is 0 Å². The van der Waals surface area contributed by atoms with Crippen molar-refractivity contribution in [1.82, 2.24) is 4.98 Å². The molecule has 3 rings (SSSR count). The minimum absolute atomic E-state index is 0.266. The molecular formula is C17H6Cl7N. The first kappa shape index (κ1) is 19.4. The van der Waals surface area contributed by atoms with Gasteiger partial charge in [0.25, 0.3) is 0 Å². The molecule has 1 heterocycles. The molecule has 1 aromatic heterocycles. The Hall–Kier alpha value is -0.380. The third-order valence-corrected chi connectivity index (χ3v) is 5.22. The highest BCUT2D eigenvalue weighted by Gasteiger charge is 2.20. The largest absolute Gasteiger partial charge is 0.235 e. The van der Waals surface area contributed by atoms with Crippen LogP contribution in [0, 0.1) is 0 Å². The standard InChI is InChI=1S/C17H6Cl7N/c18-7-3-10(20)15(11(21)4-7)9-1-2-14(24)25-17(9)16-12(22)5-8(19)6-13(16)23/h1-6H. The van der Waals surface area contributed by atoms with E-state index in [0.29, 0.717) is 52.5 Å². The number of halogens is 7. The van der Waals surface area contributed by atoms with Gasteiger partial charge in [-0.3, -0.25) is 0 Å². The first-order valence-electron chi connectivity index (χ1n) is 6.74. The molecule has 0 unspecified atom stereocenters. The van der Waals surface area contributed by atoms with Crippen molar-refractivity contribution in [3.8, 4) is 22.4 Å². The van der Waals surface area contributed by atoms with Crippen LogP contribution in [0.2, 0.25) is 35.3 Å². The maximum atomic E-state index is 6.36. The van der Waals surface area contributed by atoms with Crippen molar-refractivity contribution in [3.63, 3.8) is 0 Å². The molecule has 0 aliphatic rings. The smallest absolute Gasteiger partial charge is 0.129 e. The Labute approximate surface area is 179 Å². The number of pyridine rings is 1. The van der Waals surface area contributed by atoms with Gasteiger partial charge in [-0.25, -0.2) is 4.98 Å². The van der Waals surface area contributed by atoms with Crippen LogP contribution in [-0.2, 0) is 0 Å². The summed E-state index contributed by atoms with van der Waals surface area (Å²) in [5, 5.41) is 2.48. The molecule has 0 radical (unpaired) electrons. The Kier molecular flexibility index (Phi) is 5.97. The number of aromatic nitrogens is 1. The predicted octanol–water partition coefficient (Wildman–Crippen LogP) is 8.99. The van der Waals surface area contributed by atoms with E-state index in [1.54, 1.807) is 36.4 Å². The van der Waals surface area contributed by atoms with Gasteiger partial charge in [0.05, 0.1) is 25.8 Å². The zero-order chi connectivity index (χ0) is 18.3. The van der Waals surface area contributed by atoms with Gasteiger partial charge in [-0.15, -0.1) is 0 Å². The Morgan fingerprint density at radius 2 is 1.00 bits per heavy atom. The summed E-state index contributed by atoms with van der Waals surface area (Å²) in [5.41, 5.74) is 2.08. The second-order valence-electron chi connectivity index (χ2n) is 5.02. The van der Waals surface area contributed by atoms with Crippen LogP contribution in [0.4, 0.5) is 0 Å². The van der Waals surface area contributed by atoms with Gasteiger partial charge >= 0.3 is 0 Å². The third-order valence-electron chi connectivity index (χ3n) is 3.38. The van der Waals surface area contributed by atoms with Gasteiger partial charge < -0.3 is 0 Å². The monoisotopic (exact) mass is 469 g/mol. The lowest BCUT2D eigenvalue weighted by atomic mass is 9.99. The van der Waals surface area contributed by atoms with Crippen LogP contribution in [-0.4, -0.2) is 4.98 Å². The lowest BCUT2D eigenvalue weighted by Crippen LogP contribution is -1.94. The summed E-state index contributed by atoms with van der Waals surface area (Å²) < 4.78 is 0. The molecule has 0 atom stereocenters.